The van der Waals surface area contributed by atoms with Gasteiger partial charge in [0.05, 0.1) is 42.5 Å². The van der Waals surface area contributed by atoms with Crippen LogP contribution in [0.5, 0.6) is 0 Å². The zero-order valence-corrected chi connectivity index (χ0v) is 49.4. The molecule has 13 nitrogen and oxygen atoms in total. The summed E-state index contributed by atoms with van der Waals surface area (Å²) < 4.78 is 45.6. The first-order chi connectivity index (χ1) is 33.4. The Bertz CT molecular complexity index is 1620. The molecule has 0 aromatic rings. The van der Waals surface area contributed by atoms with E-state index in [9.17, 15) is 24.0 Å². The van der Waals surface area contributed by atoms with E-state index in [1.165, 1.54) is 12.8 Å². The molecule has 0 saturated heterocycles. The van der Waals surface area contributed by atoms with Crippen LogP contribution >= 0.6 is 0 Å². The van der Waals surface area contributed by atoms with Crippen molar-refractivity contribution in [3.8, 4) is 0 Å². The minimum absolute atomic E-state index is 0.0588. The largest absolute Gasteiger partial charge is 0.465 e. The van der Waals surface area contributed by atoms with Crippen LogP contribution in [0.1, 0.15) is 247 Å². The standard InChI is InChI=1S/C21H38O5.C20H36O5.C18H34O3/c1-7-19(3,4)18(23)25-15-12-17(22)26-21(13-10-9-11-14-21)20(5,6)16-24-8-2;1-7-18(3,4)17(22)24-14-16(21)25-20(12-10-9-11-13-20)19(5,6)15-23-8-2;1-7-16(3,4)15(19)21-18(12-10-9-11-13-18)17(5,6)14-20-8-2/h7-16H2,1-6H3;7-15H2,1-6H3;7-14H2,1-6H3. The van der Waals surface area contributed by atoms with Crippen LogP contribution in [0.3, 0.4) is 0 Å². The van der Waals surface area contributed by atoms with Gasteiger partial charge >= 0.3 is 29.8 Å². The predicted octanol–water partition coefficient (Wildman–Crippen LogP) is 13.7. The highest BCUT2D eigenvalue weighted by Crippen LogP contribution is 2.49. The van der Waals surface area contributed by atoms with E-state index in [0.29, 0.717) is 52.5 Å². The summed E-state index contributed by atoms with van der Waals surface area (Å²) in [6, 6.07) is 0. The summed E-state index contributed by atoms with van der Waals surface area (Å²) in [6.45, 7) is 39.4. The van der Waals surface area contributed by atoms with Gasteiger partial charge in [0.15, 0.2) is 6.61 Å². The van der Waals surface area contributed by atoms with Crippen molar-refractivity contribution in [2.75, 3.05) is 52.9 Å². The summed E-state index contributed by atoms with van der Waals surface area (Å²) in [5, 5.41) is 0. The van der Waals surface area contributed by atoms with Gasteiger partial charge in [0.2, 0.25) is 0 Å². The van der Waals surface area contributed by atoms with Crippen molar-refractivity contribution in [3.05, 3.63) is 0 Å². The molecule has 0 aromatic heterocycles. The fraction of sp³-hybridized carbons (Fsp3) is 0.915. The number of ether oxygens (including phenoxy) is 8. The molecule has 0 heterocycles. The summed E-state index contributed by atoms with van der Waals surface area (Å²) in [7, 11) is 0. The van der Waals surface area contributed by atoms with E-state index < -0.39 is 33.4 Å². The molecule has 72 heavy (non-hydrogen) atoms. The maximum Gasteiger partial charge on any atom is 0.344 e. The highest BCUT2D eigenvalue weighted by Gasteiger charge is 2.52. The van der Waals surface area contributed by atoms with Crippen LogP contribution in [0.4, 0.5) is 0 Å². The fourth-order valence-electron chi connectivity index (χ4n) is 9.59. The van der Waals surface area contributed by atoms with Crippen LogP contribution in [-0.2, 0) is 61.9 Å². The monoisotopic (exact) mass is 1020 g/mol. The summed E-state index contributed by atoms with van der Waals surface area (Å²) in [4.78, 5) is 61.6. The molecule has 3 aliphatic carbocycles. The average molecular weight is 1030 g/mol. The van der Waals surface area contributed by atoms with Crippen LogP contribution in [0, 0.1) is 32.5 Å². The summed E-state index contributed by atoms with van der Waals surface area (Å²) in [5.41, 5.74) is -3.62. The average Bonchev–Trinajstić information content (AvgIpc) is 3.34. The molecule has 3 rings (SSSR count). The minimum atomic E-state index is -0.586. The number of carbonyl (C=O) groups excluding carboxylic acids is 5. The molecule has 0 spiro atoms. The van der Waals surface area contributed by atoms with Gasteiger partial charge in [0, 0.05) is 36.1 Å². The lowest BCUT2D eigenvalue weighted by Crippen LogP contribution is -2.53. The Hall–Kier alpha value is -2.77. The third-order valence-electron chi connectivity index (χ3n) is 16.8. The number of hydrogen-bond acceptors (Lipinski definition) is 13. The van der Waals surface area contributed by atoms with Crippen molar-refractivity contribution in [2.24, 2.45) is 32.5 Å². The molecule has 0 radical (unpaired) electrons. The molecule has 0 atom stereocenters. The SMILES string of the molecule is CCOCC(C)(C)C1(OC(=O)C(C)(C)CC)CCCCC1.CCOCC(C)(C)C1(OC(=O)CCOC(=O)C(C)(C)CC)CCCCC1.CCOCC(C)(C)C1(OC(=O)COC(=O)C(C)(C)CC)CCCCC1. The van der Waals surface area contributed by atoms with Crippen molar-refractivity contribution in [3.63, 3.8) is 0 Å². The van der Waals surface area contributed by atoms with Crippen molar-refractivity contribution in [1.82, 2.24) is 0 Å². The first kappa shape index (κ1) is 67.2. The quantitative estimate of drug-likeness (QED) is 0.0595. The van der Waals surface area contributed by atoms with Crippen LogP contribution in [0.15, 0.2) is 0 Å². The topological polar surface area (TPSA) is 159 Å². The maximum absolute atomic E-state index is 12.6. The molecule has 0 aliphatic heterocycles. The van der Waals surface area contributed by atoms with E-state index in [1.807, 2.05) is 83.1 Å². The van der Waals surface area contributed by atoms with Crippen molar-refractivity contribution < 1.29 is 61.9 Å². The lowest BCUT2D eigenvalue weighted by molar-refractivity contribution is -0.198. The molecular formula is C59H108O13. The van der Waals surface area contributed by atoms with Gasteiger partial charge in [-0.05, 0) is 159 Å². The summed E-state index contributed by atoms with van der Waals surface area (Å²) in [5.74, 6) is -1.45. The third-order valence-corrected chi connectivity index (χ3v) is 16.8. The van der Waals surface area contributed by atoms with Crippen LogP contribution < -0.4 is 0 Å². The van der Waals surface area contributed by atoms with Gasteiger partial charge in [0.25, 0.3) is 0 Å². The van der Waals surface area contributed by atoms with E-state index in [-0.39, 0.29) is 65.4 Å². The number of carbonyl (C=O) groups is 5. The fourth-order valence-corrected chi connectivity index (χ4v) is 9.59. The normalized spacial score (nSPS) is 18.2. The van der Waals surface area contributed by atoms with E-state index in [0.717, 1.165) is 89.9 Å². The first-order valence-electron chi connectivity index (χ1n) is 28.2. The first-order valence-corrected chi connectivity index (χ1v) is 28.2. The van der Waals surface area contributed by atoms with Crippen LogP contribution in [0.2, 0.25) is 0 Å². The zero-order valence-electron chi connectivity index (χ0n) is 49.4. The number of esters is 5. The Balaban J connectivity index is 0.000000543. The van der Waals surface area contributed by atoms with Gasteiger partial charge in [-0.2, -0.15) is 0 Å². The van der Waals surface area contributed by atoms with Crippen molar-refractivity contribution in [1.29, 1.82) is 0 Å². The van der Waals surface area contributed by atoms with Crippen molar-refractivity contribution in [2.45, 2.75) is 263 Å². The number of hydrogen-bond donors (Lipinski definition) is 0. The van der Waals surface area contributed by atoms with E-state index in [1.54, 1.807) is 0 Å². The Morgan fingerprint density at radius 2 is 0.667 bits per heavy atom. The second-order valence-electron chi connectivity index (χ2n) is 24.7. The van der Waals surface area contributed by atoms with Gasteiger partial charge in [-0.15, -0.1) is 0 Å². The smallest absolute Gasteiger partial charge is 0.344 e. The van der Waals surface area contributed by atoms with Gasteiger partial charge in [-0.1, -0.05) is 81.6 Å². The second-order valence-corrected chi connectivity index (χ2v) is 24.7. The lowest BCUT2D eigenvalue weighted by Gasteiger charge is -2.49. The van der Waals surface area contributed by atoms with Gasteiger partial charge in [-0.25, -0.2) is 4.79 Å². The molecule has 0 aromatic carbocycles. The third kappa shape index (κ3) is 19.7. The van der Waals surface area contributed by atoms with E-state index in [2.05, 4.69) is 41.5 Å². The Labute approximate surface area is 439 Å². The van der Waals surface area contributed by atoms with Gasteiger partial charge in [0.1, 0.15) is 23.4 Å². The Morgan fingerprint density at radius 1 is 0.375 bits per heavy atom. The number of rotatable bonds is 26. The van der Waals surface area contributed by atoms with Crippen LogP contribution in [-0.4, -0.2) is 99.5 Å². The van der Waals surface area contributed by atoms with E-state index in [4.69, 9.17) is 37.9 Å². The molecule has 3 saturated carbocycles. The molecule has 0 bridgehead atoms. The lowest BCUT2D eigenvalue weighted by atomic mass is 9.67. The van der Waals surface area contributed by atoms with Gasteiger partial charge in [-0.3, -0.25) is 19.2 Å². The zero-order chi connectivity index (χ0) is 55.1. The molecule has 3 aliphatic rings. The van der Waals surface area contributed by atoms with Crippen molar-refractivity contribution >= 4 is 29.8 Å². The van der Waals surface area contributed by atoms with Gasteiger partial charge < -0.3 is 37.9 Å². The molecule has 3 fully saturated rings. The molecular weight excluding hydrogens is 917 g/mol. The molecule has 0 unspecified atom stereocenters. The summed E-state index contributed by atoms with van der Waals surface area (Å²) in [6.07, 6.45) is 17.6. The highest BCUT2D eigenvalue weighted by atomic mass is 16.6. The van der Waals surface area contributed by atoms with Crippen LogP contribution in [0.25, 0.3) is 0 Å². The molecule has 0 amide bonds. The Kier molecular flexibility index (Phi) is 28.1. The highest BCUT2D eigenvalue weighted by molar-refractivity contribution is 5.80. The minimum Gasteiger partial charge on any atom is -0.465 e. The molecule has 422 valence electrons. The maximum atomic E-state index is 12.6. The molecule has 13 heteroatoms. The summed E-state index contributed by atoms with van der Waals surface area (Å²) >= 11 is 0. The predicted molar refractivity (Wildman–Crippen MR) is 285 cm³/mol. The second kappa shape index (κ2) is 30.1. The Morgan fingerprint density at radius 3 is 0.986 bits per heavy atom. The van der Waals surface area contributed by atoms with E-state index >= 15 is 0 Å². The molecule has 0 N–H and O–H groups in total.